The van der Waals surface area contributed by atoms with E-state index < -0.39 is 11.7 Å². The molecule has 0 aliphatic carbocycles. The molecule has 0 unspecified atom stereocenters. The standard InChI is InChI=1S/C28H38F3N5O/c1-6-24(22-7-9-23(10-8-22)28(29,30)31)36-16-15-35(17-19(36)2)27(5)11-13-34(14-12-27)26(37)25-20(3)32-18-33-21(25)4/h7-10,18-19,24H,6,11-17H2,1-5H3/t19-,24-/m0/s1. The quantitative estimate of drug-likeness (QED) is 0.541. The maximum absolute atomic E-state index is 13.2. The number of carbonyl (C=O) groups is 1. The van der Waals surface area contributed by atoms with Crippen LogP contribution < -0.4 is 0 Å². The molecule has 1 aromatic carbocycles. The van der Waals surface area contributed by atoms with Crippen molar-refractivity contribution >= 4 is 5.91 Å². The van der Waals surface area contributed by atoms with Crippen molar-refractivity contribution in [3.8, 4) is 0 Å². The van der Waals surface area contributed by atoms with Crippen LogP contribution in [0.2, 0.25) is 0 Å². The van der Waals surface area contributed by atoms with Crippen LogP contribution in [0.5, 0.6) is 0 Å². The number of benzene rings is 1. The summed E-state index contributed by atoms with van der Waals surface area (Å²) in [5, 5.41) is 0. The van der Waals surface area contributed by atoms with Crippen LogP contribution in [-0.4, -0.2) is 74.9 Å². The number of carbonyl (C=O) groups excluding carboxylic acids is 1. The highest BCUT2D eigenvalue weighted by atomic mass is 19.4. The Kier molecular flexibility index (Phi) is 7.95. The highest BCUT2D eigenvalue weighted by Crippen LogP contribution is 2.36. The molecule has 9 heteroatoms. The van der Waals surface area contributed by atoms with E-state index in [4.69, 9.17) is 0 Å². The molecule has 2 saturated heterocycles. The van der Waals surface area contributed by atoms with Gasteiger partial charge in [0.15, 0.2) is 0 Å². The lowest BCUT2D eigenvalue weighted by Crippen LogP contribution is -2.62. The van der Waals surface area contributed by atoms with Crippen LogP contribution in [-0.2, 0) is 6.18 Å². The van der Waals surface area contributed by atoms with E-state index in [-0.39, 0.29) is 23.5 Å². The zero-order valence-electron chi connectivity index (χ0n) is 22.5. The van der Waals surface area contributed by atoms with Crippen LogP contribution in [0.4, 0.5) is 13.2 Å². The maximum atomic E-state index is 13.2. The first-order valence-electron chi connectivity index (χ1n) is 13.2. The van der Waals surface area contributed by atoms with Crippen LogP contribution in [0.25, 0.3) is 0 Å². The number of rotatable bonds is 5. The highest BCUT2D eigenvalue weighted by Gasteiger charge is 2.41. The summed E-state index contributed by atoms with van der Waals surface area (Å²) in [6, 6.07) is 6.01. The van der Waals surface area contributed by atoms with Crippen molar-refractivity contribution in [1.29, 1.82) is 0 Å². The number of piperidine rings is 1. The monoisotopic (exact) mass is 517 g/mol. The van der Waals surface area contributed by atoms with Crippen molar-refractivity contribution in [1.82, 2.24) is 24.7 Å². The minimum atomic E-state index is -4.32. The molecule has 0 radical (unpaired) electrons. The van der Waals surface area contributed by atoms with E-state index in [0.717, 1.165) is 44.5 Å². The van der Waals surface area contributed by atoms with Crippen molar-refractivity contribution in [3.63, 3.8) is 0 Å². The van der Waals surface area contributed by atoms with Gasteiger partial charge in [-0.25, -0.2) is 9.97 Å². The van der Waals surface area contributed by atoms with Crippen LogP contribution in [0.1, 0.15) is 78.9 Å². The van der Waals surface area contributed by atoms with Crippen LogP contribution >= 0.6 is 0 Å². The van der Waals surface area contributed by atoms with E-state index in [1.807, 2.05) is 18.7 Å². The zero-order valence-corrected chi connectivity index (χ0v) is 22.5. The number of aromatic nitrogens is 2. The van der Waals surface area contributed by atoms with Gasteiger partial charge in [0, 0.05) is 50.3 Å². The molecule has 6 nitrogen and oxygen atoms in total. The Morgan fingerprint density at radius 1 is 1.05 bits per heavy atom. The van der Waals surface area contributed by atoms with Gasteiger partial charge >= 0.3 is 6.18 Å². The third-order valence-corrected chi connectivity index (χ3v) is 8.42. The third-order valence-electron chi connectivity index (χ3n) is 8.42. The molecule has 1 aromatic heterocycles. The number of alkyl halides is 3. The number of hydrogen-bond donors (Lipinski definition) is 0. The van der Waals surface area contributed by atoms with Crippen molar-refractivity contribution in [2.24, 2.45) is 0 Å². The summed E-state index contributed by atoms with van der Waals surface area (Å²) >= 11 is 0. The predicted molar refractivity (Wildman–Crippen MR) is 137 cm³/mol. The van der Waals surface area contributed by atoms with Gasteiger partial charge in [0.1, 0.15) is 6.33 Å². The first-order valence-corrected chi connectivity index (χ1v) is 13.2. The fraction of sp³-hybridized carbons (Fsp3) is 0.607. The second-order valence-corrected chi connectivity index (χ2v) is 10.8. The molecule has 4 rings (SSSR count). The van der Waals surface area contributed by atoms with Crippen molar-refractivity contribution in [2.75, 3.05) is 32.7 Å². The molecule has 1 amide bonds. The Hall–Kier alpha value is -2.52. The van der Waals surface area contributed by atoms with Gasteiger partial charge in [0.25, 0.3) is 5.91 Å². The van der Waals surface area contributed by atoms with E-state index in [9.17, 15) is 18.0 Å². The number of likely N-dealkylation sites (tertiary alicyclic amines) is 1. The molecule has 0 spiro atoms. The van der Waals surface area contributed by atoms with Gasteiger partial charge in [-0.05, 0) is 64.7 Å². The third kappa shape index (κ3) is 5.67. The summed E-state index contributed by atoms with van der Waals surface area (Å²) in [7, 11) is 0. The molecular formula is C28H38F3N5O. The minimum absolute atomic E-state index is 0.00444. The molecule has 2 aromatic rings. The Balaban J connectivity index is 1.38. The maximum Gasteiger partial charge on any atom is 0.416 e. The lowest BCUT2D eigenvalue weighted by molar-refractivity contribution is -0.137. The molecule has 2 aliphatic rings. The zero-order chi connectivity index (χ0) is 27.0. The lowest BCUT2D eigenvalue weighted by Gasteiger charge is -2.53. The first kappa shape index (κ1) is 27.5. The van der Waals surface area contributed by atoms with Gasteiger partial charge in [-0.15, -0.1) is 0 Å². The van der Waals surface area contributed by atoms with E-state index >= 15 is 0 Å². The second-order valence-electron chi connectivity index (χ2n) is 10.8. The van der Waals surface area contributed by atoms with Gasteiger partial charge in [-0.3, -0.25) is 14.6 Å². The van der Waals surface area contributed by atoms with Gasteiger partial charge in [0.05, 0.1) is 22.5 Å². The normalized spacial score (nSPS) is 22.2. The average molecular weight is 518 g/mol. The van der Waals surface area contributed by atoms with Gasteiger partial charge < -0.3 is 4.90 Å². The van der Waals surface area contributed by atoms with Crippen molar-refractivity contribution in [2.45, 2.75) is 77.7 Å². The average Bonchev–Trinajstić information content (AvgIpc) is 2.85. The Labute approximate surface area is 217 Å². The highest BCUT2D eigenvalue weighted by molar-refractivity contribution is 5.96. The summed E-state index contributed by atoms with van der Waals surface area (Å²) in [6.45, 7) is 14.4. The summed E-state index contributed by atoms with van der Waals surface area (Å²) in [5.41, 5.74) is 2.38. The van der Waals surface area contributed by atoms with E-state index in [0.29, 0.717) is 30.0 Å². The van der Waals surface area contributed by atoms with Crippen LogP contribution in [0.15, 0.2) is 30.6 Å². The predicted octanol–water partition coefficient (Wildman–Crippen LogP) is 5.26. The van der Waals surface area contributed by atoms with Crippen molar-refractivity contribution < 1.29 is 18.0 Å². The summed E-state index contributed by atoms with van der Waals surface area (Å²) in [6.07, 6.45) is -0.190. The molecule has 2 fully saturated rings. The van der Waals surface area contributed by atoms with E-state index in [1.54, 1.807) is 12.1 Å². The van der Waals surface area contributed by atoms with Crippen molar-refractivity contribution in [3.05, 3.63) is 58.7 Å². The van der Waals surface area contributed by atoms with E-state index in [2.05, 4.69) is 40.5 Å². The van der Waals surface area contributed by atoms with E-state index in [1.165, 1.54) is 18.5 Å². The number of aryl methyl sites for hydroxylation is 2. The molecule has 0 N–H and O–H groups in total. The molecule has 202 valence electrons. The van der Waals surface area contributed by atoms with Gasteiger partial charge in [-0.2, -0.15) is 13.2 Å². The molecule has 0 saturated carbocycles. The Bertz CT molecular complexity index is 1080. The SMILES string of the molecule is CC[C@@H](c1ccc(C(F)(F)F)cc1)N1CCN(C2(C)CCN(C(=O)c3c(C)ncnc3C)CC2)C[C@@H]1C. The van der Waals surface area contributed by atoms with Gasteiger partial charge in [-0.1, -0.05) is 19.1 Å². The fourth-order valence-corrected chi connectivity index (χ4v) is 6.05. The number of halogens is 3. The topological polar surface area (TPSA) is 52.6 Å². The molecular weight excluding hydrogens is 479 g/mol. The number of piperazine rings is 1. The summed E-state index contributed by atoms with van der Waals surface area (Å²) < 4.78 is 39.1. The minimum Gasteiger partial charge on any atom is -0.338 e. The smallest absolute Gasteiger partial charge is 0.338 e. The van der Waals surface area contributed by atoms with Crippen LogP contribution in [0.3, 0.4) is 0 Å². The lowest BCUT2D eigenvalue weighted by atomic mass is 9.85. The fourth-order valence-electron chi connectivity index (χ4n) is 6.05. The number of hydrogen-bond acceptors (Lipinski definition) is 5. The largest absolute Gasteiger partial charge is 0.416 e. The second kappa shape index (κ2) is 10.7. The molecule has 0 bridgehead atoms. The summed E-state index contributed by atoms with van der Waals surface area (Å²) in [4.78, 5) is 28.5. The first-order chi connectivity index (χ1) is 17.4. The Morgan fingerprint density at radius 2 is 1.65 bits per heavy atom. The number of amides is 1. The Morgan fingerprint density at radius 3 is 2.16 bits per heavy atom. The van der Waals surface area contributed by atoms with Gasteiger partial charge in [0.2, 0.25) is 0 Å². The molecule has 37 heavy (non-hydrogen) atoms. The number of nitrogens with zero attached hydrogens (tertiary/aromatic N) is 5. The molecule has 2 aliphatic heterocycles. The molecule has 2 atom stereocenters. The van der Waals surface area contributed by atoms with Crippen LogP contribution in [0, 0.1) is 13.8 Å². The summed E-state index contributed by atoms with van der Waals surface area (Å²) in [5.74, 6) is 0.0122. The molecule has 3 heterocycles.